The summed E-state index contributed by atoms with van der Waals surface area (Å²) in [5, 5.41) is 8.40. The number of nitrogens with one attached hydrogen (secondary N) is 1. The molecule has 3 N–H and O–H groups in total. The predicted octanol–water partition coefficient (Wildman–Crippen LogP) is 1.14. The van der Waals surface area contributed by atoms with Crippen LogP contribution in [0.25, 0.3) is 0 Å². The molecule has 0 fully saturated rings. The Hall–Kier alpha value is -3.22. The summed E-state index contributed by atoms with van der Waals surface area (Å²) >= 11 is 0. The first-order chi connectivity index (χ1) is 11.1. The Morgan fingerprint density at radius 3 is 2.52 bits per heavy atom. The number of hydrogen-bond donors (Lipinski definition) is 2. The van der Waals surface area contributed by atoms with E-state index in [1.54, 1.807) is 36.5 Å². The molecule has 7 nitrogen and oxygen atoms in total. The fraction of sp³-hybridized carbons (Fsp3) is 0.125. The first kappa shape index (κ1) is 14.7. The average molecular weight is 309 g/mol. The highest BCUT2D eigenvalue weighted by atomic mass is 16.2. The van der Waals surface area contributed by atoms with E-state index in [2.05, 4.69) is 15.4 Å². The van der Waals surface area contributed by atoms with E-state index in [0.29, 0.717) is 11.5 Å². The molecule has 0 radical (unpaired) electrons. The molecular weight excluding hydrogens is 294 g/mol. The van der Waals surface area contributed by atoms with Gasteiger partial charge in [-0.2, -0.15) is 5.10 Å². The van der Waals surface area contributed by atoms with Crippen molar-refractivity contribution in [2.45, 2.75) is 12.5 Å². The molecule has 0 aliphatic carbocycles. The molecule has 1 aromatic heterocycles. The molecule has 1 unspecified atom stereocenters. The summed E-state index contributed by atoms with van der Waals surface area (Å²) in [6.45, 7) is 0. The maximum absolute atomic E-state index is 12.3. The second-order valence-corrected chi connectivity index (χ2v) is 5.02. The number of carbonyl (C=O) groups excluding carboxylic acids is 2. The van der Waals surface area contributed by atoms with Gasteiger partial charge in [-0.15, -0.1) is 0 Å². The van der Waals surface area contributed by atoms with Crippen LogP contribution in [-0.4, -0.2) is 28.6 Å². The molecule has 0 saturated carbocycles. The number of pyridine rings is 1. The molecule has 1 aromatic carbocycles. The van der Waals surface area contributed by atoms with E-state index in [4.69, 9.17) is 5.73 Å². The summed E-state index contributed by atoms with van der Waals surface area (Å²) in [6, 6.07) is 13.6. The lowest BCUT2D eigenvalue weighted by Gasteiger charge is -2.20. The summed E-state index contributed by atoms with van der Waals surface area (Å²) in [5.41, 5.74) is 6.39. The van der Waals surface area contributed by atoms with Crippen LogP contribution in [0.5, 0.6) is 0 Å². The van der Waals surface area contributed by atoms with Crippen LogP contribution in [0.3, 0.4) is 0 Å². The Bertz CT molecular complexity index is 746. The van der Waals surface area contributed by atoms with E-state index >= 15 is 0 Å². The normalized spacial score (nSPS) is 16.8. The molecule has 3 rings (SSSR count). The van der Waals surface area contributed by atoms with Gasteiger partial charge in [0, 0.05) is 12.6 Å². The molecule has 2 aromatic rings. The SMILES string of the molecule is NC(=O)C1CC(C(=O)Nc2ccccn2)=NN1c1ccccc1. The zero-order valence-electron chi connectivity index (χ0n) is 12.2. The molecule has 1 aliphatic rings. The fourth-order valence-electron chi connectivity index (χ4n) is 2.31. The van der Waals surface area contributed by atoms with Crippen molar-refractivity contribution in [1.29, 1.82) is 0 Å². The van der Waals surface area contributed by atoms with Crippen LogP contribution in [0.2, 0.25) is 0 Å². The summed E-state index contributed by atoms with van der Waals surface area (Å²) in [6.07, 6.45) is 1.73. The third kappa shape index (κ3) is 3.18. The molecule has 1 atom stereocenters. The molecule has 1 aliphatic heterocycles. The molecule has 2 heterocycles. The minimum atomic E-state index is -0.679. The van der Waals surface area contributed by atoms with E-state index < -0.39 is 17.9 Å². The van der Waals surface area contributed by atoms with Gasteiger partial charge in [-0.3, -0.25) is 14.6 Å². The topological polar surface area (TPSA) is 101 Å². The zero-order chi connectivity index (χ0) is 16.2. The number of carbonyl (C=O) groups is 2. The lowest BCUT2D eigenvalue weighted by atomic mass is 10.1. The van der Waals surface area contributed by atoms with E-state index in [1.165, 1.54) is 5.01 Å². The molecule has 7 heteroatoms. The van der Waals surface area contributed by atoms with E-state index in [0.717, 1.165) is 0 Å². The first-order valence-corrected chi connectivity index (χ1v) is 7.08. The molecule has 0 spiro atoms. The zero-order valence-corrected chi connectivity index (χ0v) is 12.2. The van der Waals surface area contributed by atoms with Crippen LogP contribution in [0.4, 0.5) is 11.5 Å². The number of aromatic nitrogens is 1. The third-order valence-corrected chi connectivity index (χ3v) is 3.43. The lowest BCUT2D eigenvalue weighted by Crippen LogP contribution is -2.39. The van der Waals surface area contributed by atoms with Crippen LogP contribution in [0.1, 0.15) is 6.42 Å². The van der Waals surface area contributed by atoms with Crippen LogP contribution in [0, 0.1) is 0 Å². The van der Waals surface area contributed by atoms with Crippen molar-refractivity contribution >= 4 is 29.0 Å². The Balaban J connectivity index is 1.82. The van der Waals surface area contributed by atoms with Crippen molar-refractivity contribution in [3.63, 3.8) is 0 Å². The second kappa shape index (κ2) is 6.27. The fourth-order valence-corrected chi connectivity index (χ4v) is 2.31. The number of rotatable bonds is 4. The molecule has 23 heavy (non-hydrogen) atoms. The van der Waals surface area contributed by atoms with E-state index in [-0.39, 0.29) is 12.1 Å². The van der Waals surface area contributed by atoms with Crippen molar-refractivity contribution in [3.8, 4) is 0 Å². The van der Waals surface area contributed by atoms with Gasteiger partial charge in [0.1, 0.15) is 17.6 Å². The molecular formula is C16H15N5O2. The summed E-state index contributed by atoms with van der Waals surface area (Å²) in [4.78, 5) is 28.0. The smallest absolute Gasteiger partial charge is 0.273 e. The number of nitrogens with two attached hydrogens (primary N) is 1. The highest BCUT2D eigenvalue weighted by Gasteiger charge is 2.34. The summed E-state index contributed by atoms with van der Waals surface area (Å²) in [5.74, 6) is -0.499. The Morgan fingerprint density at radius 2 is 1.87 bits per heavy atom. The number of anilines is 2. The number of nitrogens with zero attached hydrogens (tertiary/aromatic N) is 3. The maximum Gasteiger partial charge on any atom is 0.273 e. The van der Waals surface area contributed by atoms with E-state index in [1.807, 2.05) is 18.2 Å². The van der Waals surface area contributed by atoms with Crippen LogP contribution in [0.15, 0.2) is 59.8 Å². The van der Waals surface area contributed by atoms with Gasteiger partial charge in [0.05, 0.1) is 5.69 Å². The minimum absolute atomic E-state index is 0.156. The van der Waals surface area contributed by atoms with Gasteiger partial charge in [0.2, 0.25) is 5.91 Å². The van der Waals surface area contributed by atoms with Crippen LogP contribution < -0.4 is 16.1 Å². The first-order valence-electron chi connectivity index (χ1n) is 7.08. The van der Waals surface area contributed by atoms with Crippen molar-refractivity contribution in [3.05, 3.63) is 54.7 Å². The van der Waals surface area contributed by atoms with Crippen LogP contribution >= 0.6 is 0 Å². The highest BCUT2D eigenvalue weighted by molar-refractivity contribution is 6.44. The second-order valence-electron chi connectivity index (χ2n) is 5.02. The monoisotopic (exact) mass is 309 g/mol. The number of benzene rings is 1. The predicted molar refractivity (Wildman–Crippen MR) is 86.8 cm³/mol. The number of hydrazone groups is 1. The van der Waals surface area contributed by atoms with Gasteiger partial charge in [0.25, 0.3) is 5.91 Å². The number of hydrogen-bond acceptors (Lipinski definition) is 5. The number of para-hydroxylation sites is 1. The van der Waals surface area contributed by atoms with Gasteiger partial charge in [-0.1, -0.05) is 24.3 Å². The minimum Gasteiger partial charge on any atom is -0.368 e. The average Bonchev–Trinajstić information content (AvgIpc) is 3.02. The van der Waals surface area contributed by atoms with Gasteiger partial charge in [-0.05, 0) is 24.3 Å². The van der Waals surface area contributed by atoms with Crippen molar-refractivity contribution in [1.82, 2.24) is 4.98 Å². The van der Waals surface area contributed by atoms with Gasteiger partial charge >= 0.3 is 0 Å². The Morgan fingerprint density at radius 1 is 1.13 bits per heavy atom. The molecule has 0 bridgehead atoms. The highest BCUT2D eigenvalue weighted by Crippen LogP contribution is 2.24. The maximum atomic E-state index is 12.3. The number of primary amides is 1. The summed E-state index contributed by atoms with van der Waals surface area (Å²) in [7, 11) is 0. The van der Waals surface area contributed by atoms with Crippen molar-refractivity contribution in [2.24, 2.45) is 10.8 Å². The summed E-state index contributed by atoms with van der Waals surface area (Å²) < 4.78 is 0. The Labute approximate surface area is 132 Å². The largest absolute Gasteiger partial charge is 0.368 e. The van der Waals surface area contributed by atoms with Crippen molar-refractivity contribution in [2.75, 3.05) is 10.3 Å². The quantitative estimate of drug-likeness (QED) is 0.884. The van der Waals surface area contributed by atoms with Gasteiger partial charge < -0.3 is 11.1 Å². The van der Waals surface area contributed by atoms with E-state index in [9.17, 15) is 9.59 Å². The molecule has 2 amide bonds. The molecule has 0 saturated heterocycles. The van der Waals surface area contributed by atoms with Crippen LogP contribution in [-0.2, 0) is 9.59 Å². The lowest BCUT2D eigenvalue weighted by molar-refractivity contribution is -0.119. The standard InChI is InChI=1S/C16H15N5O2/c17-15(22)13-10-12(16(23)19-14-8-4-5-9-18-14)20-21(13)11-6-2-1-3-7-11/h1-9,13H,10H2,(H2,17,22)(H,18,19,23). The Kier molecular flexibility index (Phi) is 4.01. The van der Waals surface area contributed by atoms with Gasteiger partial charge in [-0.25, -0.2) is 4.98 Å². The van der Waals surface area contributed by atoms with Crippen molar-refractivity contribution < 1.29 is 9.59 Å². The van der Waals surface area contributed by atoms with Gasteiger partial charge in [0.15, 0.2) is 0 Å². The third-order valence-electron chi connectivity index (χ3n) is 3.43. The number of amides is 2. The molecule has 116 valence electrons.